The van der Waals surface area contributed by atoms with Crippen LogP contribution in [0.2, 0.25) is 5.02 Å². The van der Waals surface area contributed by atoms with Crippen LogP contribution >= 0.6 is 36.4 Å². The average molecular weight is 463 g/mol. The van der Waals surface area contributed by atoms with Crippen LogP contribution in [0.15, 0.2) is 36.4 Å². The van der Waals surface area contributed by atoms with Crippen LogP contribution in [-0.2, 0) is 0 Å². The van der Waals surface area contributed by atoms with Crippen molar-refractivity contribution in [2.24, 2.45) is 0 Å². The van der Waals surface area contributed by atoms with Gasteiger partial charge in [-0.05, 0) is 31.0 Å². The number of methoxy groups -OCH3 is 2. The van der Waals surface area contributed by atoms with E-state index in [4.69, 9.17) is 26.8 Å². The average Bonchev–Trinajstić information content (AvgIpc) is 2.69. The Kier molecular flexibility index (Phi) is 9.70. The van der Waals surface area contributed by atoms with Crippen molar-refractivity contribution < 1.29 is 14.3 Å². The first-order chi connectivity index (χ1) is 13.0. The summed E-state index contributed by atoms with van der Waals surface area (Å²) >= 11 is 6.08. The number of amides is 1. The first kappa shape index (κ1) is 25.0. The van der Waals surface area contributed by atoms with Gasteiger partial charge in [0, 0.05) is 37.0 Å². The minimum atomic E-state index is -0.216. The molecule has 1 fully saturated rings. The Labute approximate surface area is 188 Å². The van der Waals surface area contributed by atoms with Gasteiger partial charge >= 0.3 is 0 Å². The van der Waals surface area contributed by atoms with E-state index < -0.39 is 0 Å². The third-order valence-electron chi connectivity index (χ3n) is 4.74. The van der Waals surface area contributed by atoms with Crippen molar-refractivity contribution in [2.45, 2.75) is 18.9 Å². The topological polar surface area (TPSA) is 76.8 Å². The maximum atomic E-state index is 12.8. The number of nitrogens with one attached hydrogen (secondary N) is 1. The van der Waals surface area contributed by atoms with Crippen LogP contribution in [0, 0.1) is 0 Å². The number of anilines is 2. The molecular weight excluding hydrogens is 437 g/mol. The number of nitrogens with zero attached hydrogens (tertiary/aromatic N) is 1. The molecule has 2 aromatic rings. The molecule has 1 aliphatic rings. The number of ether oxygens (including phenoxy) is 2. The van der Waals surface area contributed by atoms with Gasteiger partial charge in [-0.1, -0.05) is 17.7 Å². The molecule has 3 rings (SSSR count). The highest BCUT2D eigenvalue weighted by molar-refractivity contribution is 6.33. The minimum absolute atomic E-state index is 0. The lowest BCUT2D eigenvalue weighted by Gasteiger charge is -2.35. The van der Waals surface area contributed by atoms with Gasteiger partial charge in [0.25, 0.3) is 5.91 Å². The summed E-state index contributed by atoms with van der Waals surface area (Å²) < 4.78 is 10.6. The van der Waals surface area contributed by atoms with Gasteiger partial charge in [-0.3, -0.25) is 4.79 Å². The summed E-state index contributed by atoms with van der Waals surface area (Å²) in [4.78, 5) is 15.0. The molecule has 160 valence electrons. The standard InChI is InChI=1S/C20H24ClN3O3.2ClH/c1-26-15-7-3-6-14(9-15)24-8-4-5-13(12-24)23-20(25)16-10-17(21)18(22)11-19(16)27-2;;/h3,6-7,9-11,13H,4-5,8,12,22H2,1-2H3,(H,23,25);2*1H. The van der Waals surface area contributed by atoms with E-state index >= 15 is 0 Å². The Balaban J connectivity index is 0.00000210. The molecule has 1 heterocycles. The van der Waals surface area contributed by atoms with Gasteiger partial charge < -0.3 is 25.4 Å². The quantitative estimate of drug-likeness (QED) is 0.652. The third kappa shape index (κ3) is 5.98. The second kappa shape index (κ2) is 11.2. The van der Waals surface area contributed by atoms with E-state index in [1.54, 1.807) is 19.2 Å². The number of carbonyl (C=O) groups is 1. The molecule has 0 spiro atoms. The predicted molar refractivity (Wildman–Crippen MR) is 123 cm³/mol. The Morgan fingerprint density at radius 3 is 2.66 bits per heavy atom. The summed E-state index contributed by atoms with van der Waals surface area (Å²) in [5.74, 6) is 1.01. The van der Waals surface area contributed by atoms with Gasteiger partial charge in [-0.25, -0.2) is 0 Å². The van der Waals surface area contributed by atoms with Crippen molar-refractivity contribution in [1.29, 1.82) is 0 Å². The number of carbonyl (C=O) groups excluding carboxylic acids is 1. The van der Waals surface area contributed by atoms with E-state index in [0.29, 0.717) is 22.0 Å². The molecule has 9 heteroatoms. The van der Waals surface area contributed by atoms with Crippen molar-refractivity contribution in [3.63, 3.8) is 0 Å². The van der Waals surface area contributed by atoms with Gasteiger partial charge in [0.05, 0.1) is 30.5 Å². The number of hydrogen-bond donors (Lipinski definition) is 2. The Morgan fingerprint density at radius 1 is 1.21 bits per heavy atom. The molecule has 29 heavy (non-hydrogen) atoms. The summed E-state index contributed by atoms with van der Waals surface area (Å²) in [5, 5.41) is 3.43. The van der Waals surface area contributed by atoms with Crippen LogP contribution in [0.5, 0.6) is 11.5 Å². The number of rotatable bonds is 5. The maximum absolute atomic E-state index is 12.8. The van der Waals surface area contributed by atoms with Crippen LogP contribution in [0.3, 0.4) is 0 Å². The fraction of sp³-hybridized carbons (Fsp3) is 0.350. The molecule has 0 aromatic heterocycles. The molecular formula is C20H26Cl3N3O3. The van der Waals surface area contributed by atoms with Gasteiger partial charge in [0.15, 0.2) is 0 Å². The normalized spacial score (nSPS) is 15.6. The Morgan fingerprint density at radius 2 is 1.97 bits per heavy atom. The maximum Gasteiger partial charge on any atom is 0.255 e. The number of hydrogen-bond acceptors (Lipinski definition) is 5. The van der Waals surface area contributed by atoms with Crippen molar-refractivity contribution in [2.75, 3.05) is 37.9 Å². The van der Waals surface area contributed by atoms with Gasteiger partial charge in [0.2, 0.25) is 0 Å². The van der Waals surface area contributed by atoms with Gasteiger partial charge in [0.1, 0.15) is 11.5 Å². The summed E-state index contributed by atoms with van der Waals surface area (Å²) in [6, 6.07) is 11.1. The van der Waals surface area contributed by atoms with E-state index in [-0.39, 0.29) is 36.8 Å². The second-order valence-corrected chi connectivity index (χ2v) is 6.94. The van der Waals surface area contributed by atoms with Crippen molar-refractivity contribution in [3.05, 3.63) is 47.0 Å². The van der Waals surface area contributed by atoms with Gasteiger partial charge in [-0.2, -0.15) is 0 Å². The van der Waals surface area contributed by atoms with Crippen LogP contribution in [-0.4, -0.2) is 39.3 Å². The van der Waals surface area contributed by atoms with E-state index in [0.717, 1.165) is 37.4 Å². The van der Waals surface area contributed by atoms with E-state index in [1.165, 1.54) is 7.11 Å². The highest BCUT2D eigenvalue weighted by Gasteiger charge is 2.24. The molecule has 0 bridgehead atoms. The molecule has 1 aliphatic heterocycles. The molecule has 1 saturated heterocycles. The Hall–Kier alpha value is -2.02. The van der Waals surface area contributed by atoms with Crippen LogP contribution in [0.4, 0.5) is 11.4 Å². The fourth-order valence-corrected chi connectivity index (χ4v) is 3.48. The molecule has 1 amide bonds. The fourth-order valence-electron chi connectivity index (χ4n) is 3.32. The third-order valence-corrected chi connectivity index (χ3v) is 5.07. The monoisotopic (exact) mass is 461 g/mol. The van der Waals surface area contributed by atoms with Crippen molar-refractivity contribution >= 4 is 53.7 Å². The molecule has 0 radical (unpaired) electrons. The number of piperidine rings is 1. The first-order valence-corrected chi connectivity index (χ1v) is 9.22. The number of benzene rings is 2. The lowest BCUT2D eigenvalue weighted by molar-refractivity contribution is 0.0930. The lowest BCUT2D eigenvalue weighted by atomic mass is 10.0. The van der Waals surface area contributed by atoms with Crippen molar-refractivity contribution in [3.8, 4) is 11.5 Å². The summed E-state index contributed by atoms with van der Waals surface area (Å²) in [7, 11) is 3.16. The zero-order valence-corrected chi connectivity index (χ0v) is 18.7. The SMILES string of the molecule is COc1cccc(N2CCCC(NC(=O)c3cc(Cl)c(N)cc3OC)C2)c1.Cl.Cl. The van der Waals surface area contributed by atoms with Crippen LogP contribution in [0.25, 0.3) is 0 Å². The Bertz CT molecular complexity index is 836. The highest BCUT2D eigenvalue weighted by Crippen LogP contribution is 2.29. The van der Waals surface area contributed by atoms with Crippen molar-refractivity contribution in [1.82, 2.24) is 5.32 Å². The summed E-state index contributed by atoms with van der Waals surface area (Å²) in [6.45, 7) is 1.67. The predicted octanol–water partition coefficient (Wildman–Crippen LogP) is 4.18. The molecule has 0 aliphatic carbocycles. The number of halogens is 3. The molecule has 0 saturated carbocycles. The largest absolute Gasteiger partial charge is 0.497 e. The minimum Gasteiger partial charge on any atom is -0.497 e. The van der Waals surface area contributed by atoms with E-state index in [2.05, 4.69) is 16.3 Å². The van der Waals surface area contributed by atoms with Gasteiger partial charge in [-0.15, -0.1) is 24.8 Å². The molecule has 1 unspecified atom stereocenters. The van der Waals surface area contributed by atoms with Crippen LogP contribution in [0.1, 0.15) is 23.2 Å². The summed E-state index contributed by atoms with van der Waals surface area (Å²) in [5.41, 5.74) is 7.65. The lowest BCUT2D eigenvalue weighted by Crippen LogP contribution is -2.47. The summed E-state index contributed by atoms with van der Waals surface area (Å²) in [6.07, 6.45) is 1.90. The second-order valence-electron chi connectivity index (χ2n) is 6.53. The molecule has 6 nitrogen and oxygen atoms in total. The molecule has 2 aromatic carbocycles. The first-order valence-electron chi connectivity index (χ1n) is 8.84. The van der Waals surface area contributed by atoms with E-state index in [9.17, 15) is 4.79 Å². The number of nitrogens with two attached hydrogens (primary N) is 1. The molecule has 1 atom stereocenters. The zero-order valence-electron chi connectivity index (χ0n) is 16.3. The van der Waals surface area contributed by atoms with Crippen LogP contribution < -0.4 is 25.4 Å². The smallest absolute Gasteiger partial charge is 0.255 e. The zero-order chi connectivity index (χ0) is 19.4. The highest BCUT2D eigenvalue weighted by atomic mass is 35.5. The number of nitrogen functional groups attached to an aromatic ring is 1. The van der Waals surface area contributed by atoms with E-state index in [1.807, 2.05) is 18.2 Å². The molecule has 3 N–H and O–H groups in total.